The summed E-state index contributed by atoms with van der Waals surface area (Å²) in [4.78, 5) is 15.4. The Balaban J connectivity index is 0.00000400. The third kappa shape index (κ3) is 7.74. The van der Waals surface area contributed by atoms with Crippen LogP contribution in [0.15, 0.2) is 12.4 Å². The molecule has 1 rings (SSSR count). The average molecular weight is 363 g/mol. The molecule has 1 aliphatic rings. The predicted octanol–water partition coefficient (Wildman–Crippen LogP) is 4.91. The molecule has 0 aromatic heterocycles. The highest BCUT2D eigenvalue weighted by Gasteiger charge is 2.25. The van der Waals surface area contributed by atoms with Crippen LogP contribution in [0.1, 0.15) is 65.2 Å². The number of rotatable bonds is 9. The van der Waals surface area contributed by atoms with Crippen LogP contribution >= 0.6 is 17.0 Å². The molecule has 0 fully saturated rings. The van der Waals surface area contributed by atoms with E-state index in [-0.39, 0.29) is 29.2 Å². The van der Waals surface area contributed by atoms with Crippen LogP contribution in [0.3, 0.4) is 0 Å². The van der Waals surface area contributed by atoms with Crippen LogP contribution in [-0.4, -0.2) is 35.7 Å². The molecule has 0 bridgehead atoms. The van der Waals surface area contributed by atoms with Gasteiger partial charge in [-0.3, -0.25) is 4.90 Å². The number of carbonyl (C=O) groups is 1. The van der Waals surface area contributed by atoms with E-state index in [4.69, 9.17) is 4.74 Å². The topological polar surface area (TPSA) is 32.8 Å². The van der Waals surface area contributed by atoms with Gasteiger partial charge in [-0.15, -0.1) is 17.0 Å². The highest BCUT2D eigenvalue weighted by Crippen LogP contribution is 2.14. The first kappa shape index (κ1) is 20.3. The molecule has 124 valence electrons. The van der Waals surface area contributed by atoms with E-state index in [1.165, 1.54) is 38.5 Å². The Morgan fingerprint density at radius 3 is 2.14 bits per heavy atom. The minimum Gasteiger partial charge on any atom is -0.449 e. The van der Waals surface area contributed by atoms with Crippen LogP contribution in [0, 0.1) is 0 Å². The fraction of sp³-hybridized carbons (Fsp3) is 0.812. The van der Waals surface area contributed by atoms with Gasteiger partial charge in [-0.05, 0) is 13.3 Å². The number of hydrogen-bond acceptors (Lipinski definition) is 3. The Labute approximate surface area is 140 Å². The minimum atomic E-state index is -0.235. The number of carbonyl (C=O) groups excluding carboxylic acids is 1. The number of hydrogen-bond donors (Lipinski definition) is 0. The molecule has 5 heteroatoms. The maximum Gasteiger partial charge on any atom is 0.415 e. The first-order chi connectivity index (χ1) is 9.66. The summed E-state index contributed by atoms with van der Waals surface area (Å²) in [5, 5.41) is 0. The molecule has 0 aromatic rings. The van der Waals surface area contributed by atoms with E-state index >= 15 is 0 Å². The van der Waals surface area contributed by atoms with Crippen LogP contribution in [0.25, 0.3) is 0 Å². The van der Waals surface area contributed by atoms with Crippen molar-refractivity contribution in [1.82, 2.24) is 9.80 Å². The van der Waals surface area contributed by atoms with Gasteiger partial charge in [0.1, 0.15) is 6.17 Å². The van der Waals surface area contributed by atoms with Crippen molar-refractivity contribution in [3.8, 4) is 0 Å². The highest BCUT2D eigenvalue weighted by atomic mass is 79.9. The smallest absolute Gasteiger partial charge is 0.415 e. The largest absolute Gasteiger partial charge is 0.449 e. The lowest BCUT2D eigenvalue weighted by atomic mass is 10.1. The van der Waals surface area contributed by atoms with E-state index in [9.17, 15) is 4.79 Å². The van der Waals surface area contributed by atoms with E-state index < -0.39 is 0 Å². The summed E-state index contributed by atoms with van der Waals surface area (Å²) in [6.07, 6.45) is 13.5. The molecule has 1 amide bonds. The Bertz CT molecular complexity index is 311. The summed E-state index contributed by atoms with van der Waals surface area (Å²) < 4.78 is 5.30. The van der Waals surface area contributed by atoms with Crippen molar-refractivity contribution in [3.05, 3.63) is 12.4 Å². The summed E-state index contributed by atoms with van der Waals surface area (Å²) in [5.74, 6) is 0. The molecule has 0 radical (unpaired) electrons. The van der Waals surface area contributed by atoms with Crippen LogP contribution < -0.4 is 0 Å². The number of unbranched alkanes of at least 4 members (excludes halogenated alkanes) is 7. The second-order valence-electron chi connectivity index (χ2n) is 5.59. The number of ether oxygens (including phenoxy) is 1. The molecule has 0 N–H and O–H groups in total. The molecule has 0 aromatic carbocycles. The van der Waals surface area contributed by atoms with Gasteiger partial charge >= 0.3 is 6.09 Å². The highest BCUT2D eigenvalue weighted by molar-refractivity contribution is 8.93. The van der Waals surface area contributed by atoms with Crippen molar-refractivity contribution >= 4 is 23.1 Å². The quantitative estimate of drug-likeness (QED) is 0.546. The summed E-state index contributed by atoms with van der Waals surface area (Å²) in [6.45, 7) is 4.76. The van der Waals surface area contributed by atoms with Crippen molar-refractivity contribution in [2.24, 2.45) is 0 Å². The van der Waals surface area contributed by atoms with Gasteiger partial charge in [-0.25, -0.2) is 4.79 Å². The molecular weight excluding hydrogens is 332 g/mol. The van der Waals surface area contributed by atoms with Crippen LogP contribution in [0.2, 0.25) is 0 Å². The Morgan fingerprint density at radius 1 is 1.05 bits per heavy atom. The first-order valence-electron chi connectivity index (χ1n) is 8.02. The zero-order chi connectivity index (χ0) is 14.8. The van der Waals surface area contributed by atoms with Gasteiger partial charge in [-0.2, -0.15) is 0 Å². The van der Waals surface area contributed by atoms with Gasteiger partial charge in [0.25, 0.3) is 0 Å². The lowest BCUT2D eigenvalue weighted by Crippen LogP contribution is -2.38. The Kier molecular flexibility index (Phi) is 11.5. The van der Waals surface area contributed by atoms with Gasteiger partial charge in [-0.1, -0.05) is 51.9 Å². The average Bonchev–Trinajstić information content (AvgIpc) is 2.77. The van der Waals surface area contributed by atoms with E-state index in [0.29, 0.717) is 6.61 Å². The van der Waals surface area contributed by atoms with Crippen LogP contribution in [-0.2, 0) is 4.74 Å². The Hall–Kier alpha value is -0.710. The molecular formula is C16H31BrN2O2. The van der Waals surface area contributed by atoms with Crippen LogP contribution in [0.4, 0.5) is 4.79 Å². The monoisotopic (exact) mass is 362 g/mol. The third-order valence-corrected chi connectivity index (χ3v) is 3.89. The third-order valence-electron chi connectivity index (χ3n) is 3.89. The number of amides is 1. The van der Waals surface area contributed by atoms with Gasteiger partial charge in [0.05, 0.1) is 6.61 Å². The lowest BCUT2D eigenvalue weighted by Gasteiger charge is -2.24. The maximum atomic E-state index is 11.8. The molecule has 0 spiro atoms. The fourth-order valence-corrected chi connectivity index (χ4v) is 2.31. The normalized spacial score (nSPS) is 17.0. The second kappa shape index (κ2) is 11.9. The van der Waals surface area contributed by atoms with Crippen LogP contribution in [0.5, 0.6) is 0 Å². The van der Waals surface area contributed by atoms with Crippen molar-refractivity contribution in [1.29, 1.82) is 0 Å². The molecule has 1 unspecified atom stereocenters. The zero-order valence-electron chi connectivity index (χ0n) is 13.7. The molecule has 1 heterocycles. The molecule has 0 saturated heterocycles. The number of nitrogens with zero attached hydrogens (tertiary/aromatic N) is 2. The SMILES string of the molecule is Br.CCCCCCCCCCOC(=O)N1C=CN(C)C1C. The van der Waals surface area contributed by atoms with E-state index in [1.54, 1.807) is 11.1 Å². The molecule has 21 heavy (non-hydrogen) atoms. The van der Waals surface area contributed by atoms with E-state index in [0.717, 1.165) is 12.8 Å². The minimum absolute atomic E-state index is 0. The van der Waals surface area contributed by atoms with E-state index in [1.807, 2.05) is 25.1 Å². The molecule has 1 aliphatic heterocycles. The Morgan fingerprint density at radius 2 is 1.62 bits per heavy atom. The molecule has 4 nitrogen and oxygen atoms in total. The maximum absolute atomic E-state index is 11.8. The first-order valence-corrected chi connectivity index (χ1v) is 8.02. The summed E-state index contributed by atoms with van der Waals surface area (Å²) in [6, 6.07) is 0. The number of halogens is 1. The van der Waals surface area contributed by atoms with Crippen molar-refractivity contribution in [3.63, 3.8) is 0 Å². The zero-order valence-corrected chi connectivity index (χ0v) is 15.4. The van der Waals surface area contributed by atoms with Gasteiger partial charge in [0, 0.05) is 19.4 Å². The molecule has 1 atom stereocenters. The van der Waals surface area contributed by atoms with Gasteiger partial charge in [0.2, 0.25) is 0 Å². The van der Waals surface area contributed by atoms with Gasteiger partial charge < -0.3 is 9.64 Å². The summed E-state index contributed by atoms with van der Waals surface area (Å²) >= 11 is 0. The standard InChI is InChI=1S/C16H30N2O2.BrH/c1-4-5-6-7-8-9-10-11-14-20-16(19)18-13-12-17(3)15(18)2;/h12-13,15H,4-11,14H2,1-3H3;1H. The van der Waals surface area contributed by atoms with E-state index in [2.05, 4.69) is 6.92 Å². The van der Waals surface area contributed by atoms with Crippen molar-refractivity contribution in [2.75, 3.05) is 13.7 Å². The predicted molar refractivity (Wildman–Crippen MR) is 92.5 cm³/mol. The second-order valence-corrected chi connectivity index (χ2v) is 5.59. The van der Waals surface area contributed by atoms with Gasteiger partial charge in [0.15, 0.2) is 0 Å². The van der Waals surface area contributed by atoms with Crippen molar-refractivity contribution in [2.45, 2.75) is 71.4 Å². The molecule has 0 saturated carbocycles. The lowest BCUT2D eigenvalue weighted by molar-refractivity contribution is 0.0924. The van der Waals surface area contributed by atoms with Crippen molar-refractivity contribution < 1.29 is 9.53 Å². The molecule has 0 aliphatic carbocycles. The summed E-state index contributed by atoms with van der Waals surface area (Å²) in [7, 11) is 1.95. The fourth-order valence-electron chi connectivity index (χ4n) is 2.31. The summed E-state index contributed by atoms with van der Waals surface area (Å²) in [5.41, 5.74) is 0.